The van der Waals surface area contributed by atoms with Gasteiger partial charge in [0.2, 0.25) is 0 Å². The van der Waals surface area contributed by atoms with Crippen LogP contribution in [-0.2, 0) is 11.3 Å². The van der Waals surface area contributed by atoms with Gasteiger partial charge in [0.1, 0.15) is 18.0 Å². The van der Waals surface area contributed by atoms with Crippen LogP contribution in [0, 0.1) is 6.92 Å². The Hall–Kier alpha value is -1.95. The Morgan fingerprint density at radius 2 is 1.96 bits per heavy atom. The van der Waals surface area contributed by atoms with Crippen molar-refractivity contribution < 1.29 is 14.6 Å². The average molecular weight is 328 g/mol. The Kier molecular flexibility index (Phi) is 5.45. The molecule has 1 N–H and O–H groups in total. The molecule has 0 bridgehead atoms. The van der Waals surface area contributed by atoms with Gasteiger partial charge in [0, 0.05) is 32.0 Å². The summed E-state index contributed by atoms with van der Waals surface area (Å²) in [6.45, 7) is 5.20. The summed E-state index contributed by atoms with van der Waals surface area (Å²) in [5.41, 5.74) is 1.34. The van der Waals surface area contributed by atoms with Crippen molar-refractivity contribution in [2.45, 2.75) is 19.1 Å². The quantitative estimate of drug-likeness (QED) is 0.910. The summed E-state index contributed by atoms with van der Waals surface area (Å²) in [5, 5.41) is 10.9. The Morgan fingerprint density at radius 3 is 2.71 bits per heavy atom. The number of benzene rings is 1. The summed E-state index contributed by atoms with van der Waals surface area (Å²) in [5.74, 6) is 0.763. The van der Waals surface area contributed by atoms with Gasteiger partial charge in [0.25, 0.3) is 0 Å². The van der Waals surface area contributed by atoms with Crippen molar-refractivity contribution >= 4 is 0 Å². The summed E-state index contributed by atoms with van der Waals surface area (Å²) in [6, 6.07) is 11.8. The van der Waals surface area contributed by atoms with Crippen molar-refractivity contribution in [3.63, 3.8) is 0 Å². The Bertz CT molecular complexity index is 633. The zero-order chi connectivity index (χ0) is 16.8. The molecule has 2 aromatic rings. The molecule has 1 fully saturated rings. The molecule has 0 amide bonds. The molecule has 1 unspecified atom stereocenters. The van der Waals surface area contributed by atoms with Gasteiger partial charge >= 0.3 is 0 Å². The van der Waals surface area contributed by atoms with Crippen LogP contribution in [0.4, 0.5) is 0 Å². The van der Waals surface area contributed by atoms with Gasteiger partial charge in [-0.15, -0.1) is 0 Å². The third-order valence-corrected chi connectivity index (χ3v) is 4.12. The van der Waals surface area contributed by atoms with Crippen LogP contribution in [0.25, 0.3) is 0 Å². The lowest BCUT2D eigenvalue weighted by Gasteiger charge is -2.30. The molecule has 128 valence electrons. The highest BCUT2D eigenvalue weighted by atomic mass is 16.5. The third-order valence-electron chi connectivity index (χ3n) is 4.12. The molecule has 1 aliphatic heterocycles. The van der Waals surface area contributed by atoms with Gasteiger partial charge in [-0.3, -0.25) is 9.88 Å². The summed E-state index contributed by atoms with van der Waals surface area (Å²) >= 11 is 0. The number of pyridine rings is 1. The molecule has 0 saturated carbocycles. The number of aromatic nitrogens is 1. The lowest BCUT2D eigenvalue weighted by atomic mass is 10.1. The van der Waals surface area contributed by atoms with E-state index in [2.05, 4.69) is 9.88 Å². The second-order valence-electron chi connectivity index (χ2n) is 6.44. The summed E-state index contributed by atoms with van der Waals surface area (Å²) in [4.78, 5) is 6.24. The first-order valence-electron chi connectivity index (χ1n) is 8.24. The monoisotopic (exact) mass is 328 g/mol. The van der Waals surface area contributed by atoms with Crippen molar-refractivity contribution in [1.29, 1.82) is 0 Å². The Morgan fingerprint density at radius 1 is 1.21 bits per heavy atom. The number of aryl methyl sites for hydroxylation is 1. The first-order chi connectivity index (χ1) is 11.6. The molecule has 2 heterocycles. The van der Waals surface area contributed by atoms with Crippen LogP contribution in [-0.4, -0.2) is 53.5 Å². The smallest absolute Gasteiger partial charge is 0.134 e. The van der Waals surface area contributed by atoms with E-state index in [1.165, 1.54) is 11.1 Å². The summed E-state index contributed by atoms with van der Waals surface area (Å²) in [7, 11) is 0. The predicted octanol–water partition coefficient (Wildman–Crippen LogP) is 2.03. The van der Waals surface area contributed by atoms with Crippen LogP contribution < -0.4 is 4.74 Å². The van der Waals surface area contributed by atoms with E-state index >= 15 is 0 Å². The van der Waals surface area contributed by atoms with Gasteiger partial charge in [-0.05, 0) is 36.8 Å². The summed E-state index contributed by atoms with van der Waals surface area (Å²) in [6.07, 6.45) is 3.58. The van der Waals surface area contributed by atoms with Gasteiger partial charge in [0.05, 0.1) is 13.2 Å². The molecular formula is C19H24N2O3. The summed E-state index contributed by atoms with van der Waals surface area (Å²) < 4.78 is 11.4. The zero-order valence-electron chi connectivity index (χ0n) is 14.0. The maximum Gasteiger partial charge on any atom is 0.134 e. The minimum absolute atomic E-state index is 0.211. The molecule has 1 aromatic heterocycles. The number of nitrogens with zero attached hydrogens (tertiary/aromatic N) is 2. The van der Waals surface area contributed by atoms with E-state index in [0.717, 1.165) is 18.8 Å². The molecule has 0 radical (unpaired) electrons. The first kappa shape index (κ1) is 16.9. The molecule has 1 aliphatic rings. The lowest BCUT2D eigenvalue weighted by molar-refractivity contribution is -0.0646. The largest absolute Gasteiger partial charge is 0.490 e. The SMILES string of the molecule is Cc1ccc(OCC2(O)COCCN(Cc3ccncc3)C2)cc1. The molecule has 5 heteroatoms. The van der Waals surface area contributed by atoms with Crippen LogP contribution in [0.15, 0.2) is 48.8 Å². The average Bonchev–Trinajstić information content (AvgIpc) is 2.77. The topological polar surface area (TPSA) is 54.8 Å². The van der Waals surface area contributed by atoms with Crippen molar-refractivity contribution in [3.8, 4) is 5.75 Å². The number of hydrogen-bond acceptors (Lipinski definition) is 5. The van der Waals surface area contributed by atoms with E-state index in [9.17, 15) is 5.11 Å². The first-order valence-corrected chi connectivity index (χ1v) is 8.24. The van der Waals surface area contributed by atoms with Gasteiger partial charge in [-0.25, -0.2) is 0 Å². The van der Waals surface area contributed by atoms with E-state index in [0.29, 0.717) is 13.2 Å². The fourth-order valence-corrected chi connectivity index (χ4v) is 2.82. The number of ether oxygens (including phenoxy) is 2. The van der Waals surface area contributed by atoms with Gasteiger partial charge in [-0.2, -0.15) is 0 Å². The number of rotatable bonds is 5. The second kappa shape index (κ2) is 7.75. The van der Waals surface area contributed by atoms with E-state index in [1.807, 2.05) is 43.3 Å². The second-order valence-corrected chi connectivity index (χ2v) is 6.44. The highest BCUT2D eigenvalue weighted by molar-refractivity contribution is 5.26. The normalized spacial score (nSPS) is 22.1. The van der Waals surface area contributed by atoms with Crippen molar-refractivity contribution in [2.24, 2.45) is 0 Å². The highest BCUT2D eigenvalue weighted by Gasteiger charge is 2.33. The van der Waals surface area contributed by atoms with Crippen molar-refractivity contribution in [1.82, 2.24) is 9.88 Å². The van der Waals surface area contributed by atoms with Gasteiger partial charge in [0.15, 0.2) is 0 Å². The van der Waals surface area contributed by atoms with Crippen LogP contribution in [0.1, 0.15) is 11.1 Å². The number of aliphatic hydroxyl groups is 1. The molecule has 24 heavy (non-hydrogen) atoms. The lowest BCUT2D eigenvalue weighted by Crippen LogP contribution is -2.48. The highest BCUT2D eigenvalue weighted by Crippen LogP contribution is 2.18. The zero-order valence-corrected chi connectivity index (χ0v) is 14.0. The fraction of sp³-hybridized carbons (Fsp3) is 0.421. The van der Waals surface area contributed by atoms with E-state index in [-0.39, 0.29) is 13.2 Å². The van der Waals surface area contributed by atoms with Crippen LogP contribution >= 0.6 is 0 Å². The van der Waals surface area contributed by atoms with E-state index in [1.54, 1.807) is 12.4 Å². The third kappa shape index (κ3) is 4.77. The van der Waals surface area contributed by atoms with Gasteiger partial charge < -0.3 is 14.6 Å². The van der Waals surface area contributed by atoms with Gasteiger partial charge in [-0.1, -0.05) is 17.7 Å². The molecule has 1 saturated heterocycles. The molecule has 0 aliphatic carbocycles. The van der Waals surface area contributed by atoms with Crippen LogP contribution in [0.3, 0.4) is 0 Å². The fourth-order valence-electron chi connectivity index (χ4n) is 2.82. The minimum Gasteiger partial charge on any atom is -0.490 e. The molecule has 5 nitrogen and oxygen atoms in total. The van der Waals surface area contributed by atoms with E-state index < -0.39 is 5.60 Å². The number of β-amino-alcohol motifs (C(OH)–C–C–N with tert-alkyl or cyclic N) is 1. The maximum atomic E-state index is 10.9. The Balaban J connectivity index is 1.61. The molecule has 1 aromatic carbocycles. The van der Waals surface area contributed by atoms with E-state index in [4.69, 9.17) is 9.47 Å². The van der Waals surface area contributed by atoms with Crippen molar-refractivity contribution in [3.05, 3.63) is 59.9 Å². The Labute approximate surface area is 142 Å². The minimum atomic E-state index is -1.02. The van der Waals surface area contributed by atoms with Crippen LogP contribution in [0.2, 0.25) is 0 Å². The van der Waals surface area contributed by atoms with Crippen molar-refractivity contribution in [2.75, 3.05) is 32.9 Å². The molecular weight excluding hydrogens is 304 g/mol. The predicted molar refractivity (Wildman–Crippen MR) is 92.0 cm³/mol. The van der Waals surface area contributed by atoms with Crippen LogP contribution in [0.5, 0.6) is 5.75 Å². The maximum absolute atomic E-state index is 10.9. The molecule has 0 spiro atoms. The standard InChI is InChI=1S/C19H24N2O3/c1-16-2-4-18(5-3-16)24-15-19(22)13-21(10-11-23-14-19)12-17-6-8-20-9-7-17/h2-9,22H,10-15H2,1H3. The molecule has 3 rings (SSSR count). The molecule has 1 atom stereocenters. The number of hydrogen-bond donors (Lipinski definition) is 1.